The van der Waals surface area contributed by atoms with Crippen LogP contribution in [0.25, 0.3) is 0 Å². The Kier molecular flexibility index (Phi) is 7.20. The minimum atomic E-state index is -3.61. The highest BCUT2D eigenvalue weighted by Gasteiger charge is 2.23. The molecule has 5 nitrogen and oxygen atoms in total. The Labute approximate surface area is 182 Å². The fourth-order valence-corrected chi connectivity index (χ4v) is 4.51. The van der Waals surface area contributed by atoms with Crippen LogP contribution in [-0.2, 0) is 23.1 Å². The largest absolute Gasteiger partial charge is 0.348 e. The third-order valence-corrected chi connectivity index (χ3v) is 6.89. The number of aryl methyl sites for hydroxylation is 1. The Hall–Kier alpha value is -3.03. The van der Waals surface area contributed by atoms with E-state index in [4.69, 9.17) is 0 Å². The molecule has 0 aliphatic carbocycles. The molecule has 0 spiro atoms. The Bertz CT molecular complexity index is 1130. The molecule has 0 aliphatic rings. The molecule has 3 aromatic carbocycles. The summed E-state index contributed by atoms with van der Waals surface area (Å²) in [4.78, 5) is 12.6. The molecule has 1 amide bonds. The summed E-state index contributed by atoms with van der Waals surface area (Å²) >= 11 is 0. The maximum absolute atomic E-state index is 13.0. The van der Waals surface area contributed by atoms with E-state index in [-0.39, 0.29) is 23.2 Å². The van der Waals surface area contributed by atoms with Crippen molar-refractivity contribution >= 4 is 15.9 Å². The third-order valence-electron chi connectivity index (χ3n) is 4.95. The first-order chi connectivity index (χ1) is 14.8. The third kappa shape index (κ3) is 5.77. The van der Waals surface area contributed by atoms with E-state index in [2.05, 4.69) is 5.32 Å². The van der Waals surface area contributed by atoms with Gasteiger partial charge in [-0.3, -0.25) is 4.79 Å². The molecule has 3 rings (SSSR count). The van der Waals surface area contributed by atoms with Gasteiger partial charge in [-0.25, -0.2) is 12.8 Å². The molecule has 3 aromatic rings. The summed E-state index contributed by atoms with van der Waals surface area (Å²) in [7, 11) is -3.61. The molecule has 0 saturated carbocycles. The zero-order valence-electron chi connectivity index (χ0n) is 17.5. The number of nitrogens with one attached hydrogen (secondary N) is 1. The van der Waals surface area contributed by atoms with Crippen LogP contribution in [0.15, 0.2) is 77.7 Å². The maximum atomic E-state index is 13.0. The van der Waals surface area contributed by atoms with Crippen LogP contribution in [0, 0.1) is 12.7 Å². The summed E-state index contributed by atoms with van der Waals surface area (Å²) < 4.78 is 40.2. The van der Waals surface area contributed by atoms with Crippen LogP contribution < -0.4 is 5.32 Å². The smallest absolute Gasteiger partial charge is 0.251 e. The molecule has 0 fully saturated rings. The highest BCUT2D eigenvalue weighted by atomic mass is 32.2. The summed E-state index contributed by atoms with van der Waals surface area (Å²) in [6.45, 7) is 4.54. The van der Waals surface area contributed by atoms with Crippen molar-refractivity contribution in [3.8, 4) is 0 Å². The van der Waals surface area contributed by atoms with E-state index in [1.807, 2.05) is 6.92 Å². The average molecular weight is 441 g/mol. The van der Waals surface area contributed by atoms with Crippen molar-refractivity contribution in [2.45, 2.75) is 31.8 Å². The van der Waals surface area contributed by atoms with Crippen LogP contribution in [-0.4, -0.2) is 25.2 Å². The van der Waals surface area contributed by atoms with Gasteiger partial charge in [-0.2, -0.15) is 4.31 Å². The van der Waals surface area contributed by atoms with Gasteiger partial charge in [-0.15, -0.1) is 0 Å². The van der Waals surface area contributed by atoms with Crippen molar-refractivity contribution < 1.29 is 17.6 Å². The molecule has 0 unspecified atom stereocenters. The molecular formula is C24H25FN2O3S. The first kappa shape index (κ1) is 22.7. The van der Waals surface area contributed by atoms with Gasteiger partial charge >= 0.3 is 0 Å². The minimum Gasteiger partial charge on any atom is -0.348 e. The number of amides is 1. The van der Waals surface area contributed by atoms with E-state index in [1.54, 1.807) is 67.6 Å². The lowest BCUT2D eigenvalue weighted by Gasteiger charge is -2.21. The second kappa shape index (κ2) is 9.85. The van der Waals surface area contributed by atoms with Gasteiger partial charge in [-0.05, 0) is 54.4 Å². The summed E-state index contributed by atoms with van der Waals surface area (Å²) in [5.74, 6) is -0.577. The van der Waals surface area contributed by atoms with Crippen molar-refractivity contribution in [2.75, 3.05) is 6.54 Å². The normalized spacial score (nSPS) is 11.5. The molecule has 0 radical (unpaired) electrons. The van der Waals surface area contributed by atoms with Gasteiger partial charge < -0.3 is 5.32 Å². The van der Waals surface area contributed by atoms with Crippen LogP contribution in [0.5, 0.6) is 0 Å². The molecule has 31 heavy (non-hydrogen) atoms. The zero-order chi connectivity index (χ0) is 22.4. The van der Waals surface area contributed by atoms with Crippen molar-refractivity contribution in [3.05, 3.63) is 101 Å². The SMILES string of the molecule is CCN(Cc1ccc(C(=O)NCc2ccc(F)cc2)cc1)S(=O)(=O)c1ccc(C)cc1. The quantitative estimate of drug-likeness (QED) is 0.569. The number of rotatable bonds is 8. The molecule has 0 aromatic heterocycles. The van der Waals surface area contributed by atoms with E-state index >= 15 is 0 Å². The van der Waals surface area contributed by atoms with E-state index in [9.17, 15) is 17.6 Å². The van der Waals surface area contributed by atoms with Crippen molar-refractivity contribution in [2.24, 2.45) is 0 Å². The number of carbonyl (C=O) groups is 1. The van der Waals surface area contributed by atoms with Gasteiger partial charge in [0.05, 0.1) is 4.90 Å². The van der Waals surface area contributed by atoms with Gasteiger partial charge in [0, 0.05) is 25.2 Å². The topological polar surface area (TPSA) is 66.5 Å². The zero-order valence-corrected chi connectivity index (χ0v) is 18.3. The maximum Gasteiger partial charge on any atom is 0.251 e. The second-order valence-electron chi connectivity index (χ2n) is 7.25. The first-order valence-electron chi connectivity index (χ1n) is 9.98. The Balaban J connectivity index is 1.65. The fraction of sp³-hybridized carbons (Fsp3) is 0.208. The summed E-state index contributed by atoms with van der Waals surface area (Å²) in [6, 6.07) is 19.5. The van der Waals surface area contributed by atoms with Crippen molar-refractivity contribution in [1.29, 1.82) is 0 Å². The number of hydrogen-bond donors (Lipinski definition) is 1. The highest BCUT2D eigenvalue weighted by molar-refractivity contribution is 7.89. The lowest BCUT2D eigenvalue weighted by molar-refractivity contribution is 0.0951. The molecule has 1 N–H and O–H groups in total. The summed E-state index contributed by atoms with van der Waals surface area (Å²) in [5.41, 5.74) is 3.05. The summed E-state index contributed by atoms with van der Waals surface area (Å²) in [5, 5.41) is 2.79. The van der Waals surface area contributed by atoms with Crippen LogP contribution in [0.4, 0.5) is 4.39 Å². The minimum absolute atomic E-state index is 0.212. The Morgan fingerprint density at radius 2 is 1.48 bits per heavy atom. The molecule has 0 bridgehead atoms. The lowest BCUT2D eigenvalue weighted by Crippen LogP contribution is -2.30. The molecule has 7 heteroatoms. The van der Waals surface area contributed by atoms with E-state index in [0.717, 1.165) is 16.7 Å². The van der Waals surface area contributed by atoms with Gasteiger partial charge in [0.15, 0.2) is 0 Å². The van der Waals surface area contributed by atoms with Crippen LogP contribution in [0.2, 0.25) is 0 Å². The molecule has 0 aliphatic heterocycles. The number of sulfonamides is 1. The van der Waals surface area contributed by atoms with Crippen molar-refractivity contribution in [1.82, 2.24) is 9.62 Å². The average Bonchev–Trinajstić information content (AvgIpc) is 2.77. The predicted octanol–water partition coefficient (Wildman–Crippen LogP) is 4.27. The van der Waals surface area contributed by atoms with Gasteiger partial charge in [0.1, 0.15) is 5.82 Å². The van der Waals surface area contributed by atoms with Crippen LogP contribution in [0.1, 0.15) is 34.0 Å². The standard InChI is InChI=1S/C24H25FN2O3S/c1-3-27(31(29,30)23-14-4-18(2)5-15-23)17-20-6-10-21(11-7-20)24(28)26-16-19-8-12-22(25)13-9-19/h4-15H,3,16-17H2,1-2H3,(H,26,28). The van der Waals surface area contributed by atoms with Gasteiger partial charge in [0.2, 0.25) is 10.0 Å². The number of hydrogen-bond acceptors (Lipinski definition) is 3. The van der Waals surface area contributed by atoms with E-state index in [1.165, 1.54) is 16.4 Å². The van der Waals surface area contributed by atoms with Gasteiger partial charge in [-0.1, -0.05) is 48.9 Å². The first-order valence-corrected chi connectivity index (χ1v) is 11.4. The predicted molar refractivity (Wildman–Crippen MR) is 118 cm³/mol. The Morgan fingerprint density at radius 1 is 0.903 bits per heavy atom. The van der Waals surface area contributed by atoms with E-state index in [0.29, 0.717) is 18.7 Å². The van der Waals surface area contributed by atoms with Crippen molar-refractivity contribution in [3.63, 3.8) is 0 Å². The Morgan fingerprint density at radius 3 is 2.06 bits per heavy atom. The molecular weight excluding hydrogens is 415 g/mol. The van der Waals surface area contributed by atoms with Crippen LogP contribution in [0.3, 0.4) is 0 Å². The molecule has 162 valence electrons. The fourth-order valence-electron chi connectivity index (χ4n) is 3.08. The highest BCUT2D eigenvalue weighted by Crippen LogP contribution is 2.19. The number of halogens is 1. The number of benzene rings is 3. The monoisotopic (exact) mass is 440 g/mol. The number of nitrogens with zero attached hydrogens (tertiary/aromatic N) is 1. The molecule has 0 saturated heterocycles. The second-order valence-corrected chi connectivity index (χ2v) is 9.19. The van der Waals surface area contributed by atoms with E-state index < -0.39 is 10.0 Å². The van der Waals surface area contributed by atoms with Gasteiger partial charge in [0.25, 0.3) is 5.91 Å². The van der Waals surface area contributed by atoms with Crippen LogP contribution >= 0.6 is 0 Å². The molecule has 0 heterocycles. The number of carbonyl (C=O) groups excluding carboxylic acids is 1. The lowest BCUT2D eigenvalue weighted by atomic mass is 10.1. The molecule has 0 atom stereocenters. The summed E-state index contributed by atoms with van der Waals surface area (Å²) in [6.07, 6.45) is 0.